The molecule has 1 unspecified atom stereocenters. The molecule has 1 aromatic heterocycles. The van der Waals surface area contributed by atoms with Gasteiger partial charge >= 0.3 is 0 Å². The maximum atomic E-state index is 11.2. The number of aliphatic hydroxyl groups is 2. The minimum atomic E-state index is -0.729. The van der Waals surface area contributed by atoms with Crippen LogP contribution in [0.15, 0.2) is 35.1 Å². The van der Waals surface area contributed by atoms with E-state index >= 15 is 0 Å². The molecule has 1 atom stereocenters. The van der Waals surface area contributed by atoms with Crippen molar-refractivity contribution in [3.63, 3.8) is 0 Å². The summed E-state index contributed by atoms with van der Waals surface area (Å²) in [6.45, 7) is 0.225. The standard InChI is InChI=1S/C13H14NO4.CH3O.Rf/c1-17-7-10(15)8-18-11-4-2-9-3-5-13(16)14-12(9)6-11;1-2;/h2-6,10,15H,1,7-8H2,(H,14,16);2H,1H2;/q2*-1;. The molecule has 2 aromatic rings. The third kappa shape index (κ3) is 5.32. The summed E-state index contributed by atoms with van der Waals surface area (Å²) in [5, 5.41) is 17.1. The second-order valence-corrected chi connectivity index (χ2v) is 3.91. The number of rotatable bonds is 5. The van der Waals surface area contributed by atoms with E-state index in [-0.39, 0.29) is 18.8 Å². The predicted molar refractivity (Wildman–Crippen MR) is 74.7 cm³/mol. The summed E-state index contributed by atoms with van der Waals surface area (Å²) in [5.74, 6) is 0.576. The van der Waals surface area contributed by atoms with Crippen LogP contribution in [-0.2, 0) is 4.74 Å². The fourth-order valence-corrected chi connectivity index (χ4v) is 1.60. The van der Waals surface area contributed by atoms with Gasteiger partial charge in [-0.1, -0.05) is 0 Å². The van der Waals surface area contributed by atoms with Gasteiger partial charge in [-0.2, -0.15) is 0 Å². The molecule has 0 bridgehead atoms. The molecule has 6 nitrogen and oxygen atoms in total. The van der Waals surface area contributed by atoms with Crippen LogP contribution in [0.1, 0.15) is 0 Å². The van der Waals surface area contributed by atoms with Gasteiger partial charge in [-0.25, -0.2) is 14.2 Å². The molecule has 0 radical (unpaired) electrons. The van der Waals surface area contributed by atoms with E-state index in [2.05, 4.69) is 23.9 Å². The molecule has 2 rings (SSSR count). The summed E-state index contributed by atoms with van der Waals surface area (Å²) in [5.41, 5.74) is 0.535. The predicted octanol–water partition coefficient (Wildman–Crippen LogP) is 1.23. The molecule has 3 N–H and O–H groups in total. The van der Waals surface area contributed by atoms with Crippen LogP contribution in [0.4, 0.5) is 0 Å². The van der Waals surface area contributed by atoms with Crippen molar-refractivity contribution in [2.24, 2.45) is 0 Å². The SMILES string of the molecule is [CH2-]O.[CH2-]OCC(O)COc1ccc2ccc(=O)[nH]c2c1.[Rf]. The first-order valence-electron chi connectivity index (χ1n) is 5.81. The van der Waals surface area contributed by atoms with Gasteiger partial charge in [0.1, 0.15) is 18.5 Å². The largest absolute Gasteiger partial charge is 0.569 e. The van der Waals surface area contributed by atoms with Crippen molar-refractivity contribution in [2.75, 3.05) is 13.2 Å². The van der Waals surface area contributed by atoms with E-state index in [1.165, 1.54) is 6.07 Å². The Bertz CT molecular complexity index is 587. The number of H-pyrrole nitrogens is 1. The Morgan fingerprint density at radius 2 is 1.86 bits per heavy atom. The number of hydrogen-bond donors (Lipinski definition) is 3. The molecule has 0 spiro atoms. The Kier molecular flexibility index (Phi) is 7.83. The van der Waals surface area contributed by atoms with Gasteiger partial charge in [0.15, 0.2) is 0 Å². The number of fused-ring (bicyclic) bond motifs is 1. The summed E-state index contributed by atoms with van der Waals surface area (Å²) >= 11 is 0. The summed E-state index contributed by atoms with van der Waals surface area (Å²) < 4.78 is 9.94. The van der Waals surface area contributed by atoms with Gasteiger partial charge in [0.05, 0.1) is 5.52 Å². The van der Waals surface area contributed by atoms with Gasteiger partial charge in [0.25, 0.3) is 0 Å². The molecule has 0 aliphatic carbocycles. The number of aliphatic hydroxyl groups excluding tert-OH is 2. The summed E-state index contributed by atoms with van der Waals surface area (Å²) in [6.07, 6.45) is -0.729. The Labute approximate surface area is 116 Å². The zero-order valence-electron chi connectivity index (χ0n) is 11.6. The van der Waals surface area contributed by atoms with E-state index in [1.54, 1.807) is 18.2 Å². The van der Waals surface area contributed by atoms with Crippen LogP contribution in [-0.4, -0.2) is 34.5 Å². The number of benzene rings is 1. The van der Waals surface area contributed by atoms with Crippen LogP contribution in [0.5, 0.6) is 5.75 Å². The number of ether oxygens (including phenoxy) is 2. The molecule has 7 heteroatoms. The van der Waals surface area contributed by atoms with E-state index in [9.17, 15) is 9.90 Å². The molecule has 0 amide bonds. The first-order chi connectivity index (χ1) is 9.69. The molecule has 0 saturated carbocycles. The van der Waals surface area contributed by atoms with Crippen molar-refractivity contribution in [3.05, 3.63) is 54.9 Å². The number of pyridine rings is 1. The van der Waals surface area contributed by atoms with E-state index < -0.39 is 6.10 Å². The Morgan fingerprint density at radius 1 is 1.19 bits per heavy atom. The monoisotopic (exact) mass is 546 g/mol. The molecule has 0 aliphatic heterocycles. The van der Waals surface area contributed by atoms with Gasteiger partial charge in [-0.05, 0) is 23.6 Å². The topological polar surface area (TPSA) is 91.8 Å². The van der Waals surface area contributed by atoms with Gasteiger partial charge in [-0.3, -0.25) is 4.79 Å². The first-order valence-corrected chi connectivity index (χ1v) is 5.81. The Balaban J connectivity index is 0.00000128. The van der Waals surface area contributed by atoms with Crippen molar-refractivity contribution < 1.29 is 19.7 Å². The number of hydrogen-bond acceptors (Lipinski definition) is 5. The minimum Gasteiger partial charge on any atom is -0.569 e. The average Bonchev–Trinajstić information content (AvgIpc) is 2.47. The van der Waals surface area contributed by atoms with Gasteiger partial charge in [-0.15, -0.1) is 0 Å². The molecule has 1 aromatic carbocycles. The smallest absolute Gasteiger partial charge is 0.248 e. The normalized spacial score (nSPS) is 11.0. The second-order valence-electron chi connectivity index (χ2n) is 3.91. The molecular weight excluding hydrogens is 529 g/mol. The van der Waals surface area contributed by atoms with E-state index in [0.29, 0.717) is 11.3 Å². The van der Waals surface area contributed by atoms with E-state index in [0.717, 1.165) is 5.39 Å². The van der Waals surface area contributed by atoms with Crippen LogP contribution in [0.3, 0.4) is 0 Å². The number of aromatic nitrogens is 1. The molecule has 0 saturated heterocycles. The molecule has 0 aliphatic rings. The zero-order chi connectivity index (χ0) is 15.0. The third-order valence-corrected chi connectivity index (χ3v) is 2.45. The van der Waals surface area contributed by atoms with Crippen molar-refractivity contribution in [1.29, 1.82) is 0 Å². The van der Waals surface area contributed by atoms with Gasteiger partial charge < -0.3 is 24.7 Å². The summed E-state index contributed by atoms with van der Waals surface area (Å²) in [7, 11) is 5.43. The molecule has 1 heterocycles. The van der Waals surface area contributed by atoms with Crippen LogP contribution in [0, 0.1) is 14.2 Å². The van der Waals surface area contributed by atoms with Gasteiger partial charge in [0, 0.05) is 18.7 Å². The maximum Gasteiger partial charge on any atom is 0.248 e. The van der Waals surface area contributed by atoms with Crippen LogP contribution < -0.4 is 10.3 Å². The quantitative estimate of drug-likeness (QED) is 0.491. The second kappa shape index (κ2) is 9.08. The van der Waals surface area contributed by atoms with Gasteiger partial charge in [0.2, 0.25) is 5.56 Å². The molecular formula is C14H17NO5Rf-2. The maximum absolute atomic E-state index is 11.2. The Hall–Kier alpha value is -2.89. The minimum absolute atomic E-state index is 0. The number of aromatic amines is 1. The molecule has 112 valence electrons. The van der Waals surface area contributed by atoms with Crippen molar-refractivity contribution >= 4 is 10.9 Å². The summed E-state index contributed by atoms with van der Waals surface area (Å²) in [4.78, 5) is 13.9. The fraction of sp³-hybridized carbons (Fsp3) is 0.214. The first kappa shape index (κ1) is 18.1. The van der Waals surface area contributed by atoms with Crippen LogP contribution >= 0.6 is 0 Å². The van der Waals surface area contributed by atoms with Crippen molar-refractivity contribution in [3.8, 4) is 5.75 Å². The van der Waals surface area contributed by atoms with Crippen LogP contribution in [0.2, 0.25) is 0 Å². The summed E-state index contributed by atoms with van der Waals surface area (Å²) in [6, 6.07) is 8.54. The van der Waals surface area contributed by atoms with Crippen molar-refractivity contribution in [1.82, 2.24) is 4.98 Å². The van der Waals surface area contributed by atoms with E-state index in [1.807, 2.05) is 6.07 Å². The third-order valence-electron chi connectivity index (χ3n) is 2.45. The van der Waals surface area contributed by atoms with Crippen LogP contribution in [0.25, 0.3) is 10.9 Å². The number of nitrogens with one attached hydrogen (secondary N) is 1. The molecule has 0 fully saturated rings. The van der Waals surface area contributed by atoms with E-state index in [4.69, 9.17) is 9.84 Å². The fourth-order valence-electron chi connectivity index (χ4n) is 1.60. The zero-order valence-corrected chi connectivity index (χ0v) is 18.0. The van der Waals surface area contributed by atoms with Crippen molar-refractivity contribution in [2.45, 2.75) is 6.10 Å². The Morgan fingerprint density at radius 3 is 2.52 bits per heavy atom. The average molecular weight is 546 g/mol. The molecule has 21 heavy (non-hydrogen) atoms.